The summed E-state index contributed by atoms with van der Waals surface area (Å²) in [6.45, 7) is 1.43. The van der Waals surface area contributed by atoms with Crippen molar-refractivity contribution < 1.29 is 14.3 Å². The maximum Gasteiger partial charge on any atom is 0.242 e. The van der Waals surface area contributed by atoms with Crippen LogP contribution in [0.3, 0.4) is 0 Å². The van der Waals surface area contributed by atoms with Gasteiger partial charge in [-0.1, -0.05) is 42.1 Å². The molecule has 0 spiro atoms. The standard InChI is InChI=1S/C18H23N5O3S/c1-21-13-19-20-18(21)27-12-17(25)23-10-15(26-2)9-22(16(24)11-23)8-14-6-4-3-5-7-14/h3-7,13,15H,8-12H2,1-2H3. The maximum absolute atomic E-state index is 12.7. The number of ether oxygens (including phenoxy) is 1. The van der Waals surface area contributed by atoms with Crippen molar-refractivity contribution >= 4 is 23.6 Å². The number of carbonyl (C=O) groups is 2. The van der Waals surface area contributed by atoms with Crippen molar-refractivity contribution in [1.29, 1.82) is 0 Å². The number of amides is 2. The third-order valence-electron chi connectivity index (χ3n) is 4.42. The SMILES string of the molecule is COC1CN(C(=O)CSc2nncn2C)CC(=O)N(Cc2ccccc2)C1. The number of hydrogen-bond donors (Lipinski definition) is 0. The normalized spacial score (nSPS) is 17.9. The third-order valence-corrected chi connectivity index (χ3v) is 5.44. The Balaban J connectivity index is 1.64. The lowest BCUT2D eigenvalue weighted by molar-refractivity contribution is -0.137. The minimum atomic E-state index is -0.219. The van der Waals surface area contributed by atoms with Gasteiger partial charge in [-0.05, 0) is 5.56 Å². The first-order valence-corrected chi connectivity index (χ1v) is 9.64. The first kappa shape index (κ1) is 19.4. The lowest BCUT2D eigenvalue weighted by Gasteiger charge is -2.23. The van der Waals surface area contributed by atoms with Gasteiger partial charge in [0.25, 0.3) is 0 Å². The Labute approximate surface area is 162 Å². The molecule has 1 saturated heterocycles. The van der Waals surface area contributed by atoms with E-state index in [0.29, 0.717) is 24.8 Å². The molecule has 0 radical (unpaired) electrons. The van der Waals surface area contributed by atoms with Crippen molar-refractivity contribution in [2.24, 2.45) is 7.05 Å². The highest BCUT2D eigenvalue weighted by molar-refractivity contribution is 7.99. The van der Waals surface area contributed by atoms with Gasteiger partial charge in [0.15, 0.2) is 5.16 Å². The number of methoxy groups -OCH3 is 1. The minimum Gasteiger partial charge on any atom is -0.378 e. The molecule has 8 nitrogen and oxygen atoms in total. The Morgan fingerprint density at radius 1 is 1.30 bits per heavy atom. The van der Waals surface area contributed by atoms with E-state index in [9.17, 15) is 9.59 Å². The minimum absolute atomic E-state index is 0.0604. The maximum atomic E-state index is 12.7. The number of benzene rings is 1. The van der Waals surface area contributed by atoms with E-state index in [1.165, 1.54) is 11.8 Å². The van der Waals surface area contributed by atoms with Gasteiger partial charge in [0.1, 0.15) is 6.33 Å². The van der Waals surface area contributed by atoms with Gasteiger partial charge in [-0.15, -0.1) is 10.2 Å². The monoisotopic (exact) mass is 389 g/mol. The average Bonchev–Trinajstić information content (AvgIpc) is 3.01. The second kappa shape index (κ2) is 9.01. The topological polar surface area (TPSA) is 80.6 Å². The summed E-state index contributed by atoms with van der Waals surface area (Å²) in [6.07, 6.45) is 1.37. The largest absolute Gasteiger partial charge is 0.378 e. The van der Waals surface area contributed by atoms with Gasteiger partial charge in [-0.25, -0.2) is 0 Å². The number of thioether (sulfide) groups is 1. The average molecular weight is 389 g/mol. The van der Waals surface area contributed by atoms with Gasteiger partial charge in [0, 0.05) is 33.8 Å². The van der Waals surface area contributed by atoms with E-state index < -0.39 is 0 Å². The first-order valence-electron chi connectivity index (χ1n) is 8.66. The quantitative estimate of drug-likeness (QED) is 0.680. The fourth-order valence-corrected chi connectivity index (χ4v) is 3.69. The molecular formula is C18H23N5O3S. The van der Waals surface area contributed by atoms with Gasteiger partial charge in [-0.3, -0.25) is 9.59 Å². The summed E-state index contributed by atoms with van der Waals surface area (Å²) in [5, 5.41) is 8.43. The van der Waals surface area contributed by atoms with E-state index in [-0.39, 0.29) is 30.2 Å². The molecule has 0 saturated carbocycles. The number of nitrogens with zero attached hydrogens (tertiary/aromatic N) is 5. The molecule has 0 bridgehead atoms. The van der Waals surface area contributed by atoms with Crippen LogP contribution in [0, 0.1) is 0 Å². The van der Waals surface area contributed by atoms with Crippen LogP contribution in [0.15, 0.2) is 41.8 Å². The highest BCUT2D eigenvalue weighted by Gasteiger charge is 2.30. The van der Waals surface area contributed by atoms with Crippen molar-refractivity contribution in [2.45, 2.75) is 17.8 Å². The van der Waals surface area contributed by atoms with Gasteiger partial charge < -0.3 is 19.1 Å². The molecule has 2 heterocycles. The smallest absolute Gasteiger partial charge is 0.242 e. The number of hydrogen-bond acceptors (Lipinski definition) is 6. The van der Waals surface area contributed by atoms with Crippen molar-refractivity contribution in [3.63, 3.8) is 0 Å². The van der Waals surface area contributed by atoms with Crippen molar-refractivity contribution in [3.8, 4) is 0 Å². The van der Waals surface area contributed by atoms with Crippen LogP contribution in [-0.2, 0) is 27.9 Å². The Hall–Kier alpha value is -2.39. The van der Waals surface area contributed by atoms with Gasteiger partial charge >= 0.3 is 0 Å². The van der Waals surface area contributed by atoms with E-state index in [1.807, 2.05) is 37.4 Å². The molecule has 1 aromatic carbocycles. The van der Waals surface area contributed by atoms with Crippen LogP contribution in [0.2, 0.25) is 0 Å². The number of aryl methyl sites for hydroxylation is 1. The van der Waals surface area contributed by atoms with E-state index >= 15 is 0 Å². The zero-order valence-corrected chi connectivity index (χ0v) is 16.3. The summed E-state index contributed by atoms with van der Waals surface area (Å²) in [6, 6.07) is 9.82. The van der Waals surface area contributed by atoms with Gasteiger partial charge in [-0.2, -0.15) is 0 Å². The van der Waals surface area contributed by atoms with Crippen LogP contribution >= 0.6 is 11.8 Å². The second-order valence-electron chi connectivity index (χ2n) is 6.40. The van der Waals surface area contributed by atoms with Gasteiger partial charge in [0.2, 0.25) is 11.8 Å². The molecule has 2 amide bonds. The lowest BCUT2D eigenvalue weighted by atomic mass is 10.2. The van der Waals surface area contributed by atoms with Crippen LogP contribution in [0.25, 0.3) is 0 Å². The molecule has 1 aliphatic heterocycles. The second-order valence-corrected chi connectivity index (χ2v) is 7.35. The summed E-state index contributed by atoms with van der Waals surface area (Å²) >= 11 is 1.31. The van der Waals surface area contributed by atoms with Crippen LogP contribution in [0.1, 0.15) is 5.56 Å². The molecule has 144 valence electrons. The highest BCUT2D eigenvalue weighted by Crippen LogP contribution is 2.17. The fourth-order valence-electron chi connectivity index (χ4n) is 2.90. The molecular weight excluding hydrogens is 366 g/mol. The van der Waals surface area contributed by atoms with Crippen LogP contribution in [0.4, 0.5) is 0 Å². The highest BCUT2D eigenvalue weighted by atomic mass is 32.2. The number of carbonyl (C=O) groups excluding carboxylic acids is 2. The Kier molecular flexibility index (Phi) is 6.46. The Bertz CT molecular complexity index is 782. The van der Waals surface area contributed by atoms with E-state index in [0.717, 1.165) is 5.56 Å². The van der Waals surface area contributed by atoms with Crippen LogP contribution in [0.5, 0.6) is 0 Å². The number of aromatic nitrogens is 3. The van der Waals surface area contributed by atoms with Gasteiger partial charge in [0.05, 0.1) is 18.4 Å². The summed E-state index contributed by atoms with van der Waals surface area (Å²) in [5.41, 5.74) is 1.05. The van der Waals surface area contributed by atoms with E-state index in [2.05, 4.69) is 10.2 Å². The molecule has 1 atom stereocenters. The molecule has 27 heavy (non-hydrogen) atoms. The summed E-state index contributed by atoms with van der Waals surface area (Å²) in [4.78, 5) is 28.7. The molecule has 0 N–H and O–H groups in total. The molecule has 1 unspecified atom stereocenters. The molecule has 1 fully saturated rings. The van der Waals surface area contributed by atoms with Crippen LogP contribution in [-0.4, -0.2) is 75.0 Å². The molecule has 1 aromatic heterocycles. The third kappa shape index (κ3) is 5.08. The predicted octanol–water partition coefficient (Wildman–Crippen LogP) is 0.793. The summed E-state index contributed by atoms with van der Waals surface area (Å²) < 4.78 is 7.27. The zero-order chi connectivity index (χ0) is 19.2. The van der Waals surface area contributed by atoms with Crippen molar-refractivity contribution in [1.82, 2.24) is 24.6 Å². The van der Waals surface area contributed by atoms with Crippen molar-refractivity contribution in [2.75, 3.05) is 32.5 Å². The number of rotatable bonds is 6. The Morgan fingerprint density at radius 3 is 2.74 bits per heavy atom. The van der Waals surface area contributed by atoms with E-state index in [4.69, 9.17) is 4.74 Å². The predicted molar refractivity (Wildman–Crippen MR) is 101 cm³/mol. The van der Waals surface area contributed by atoms with E-state index in [1.54, 1.807) is 27.8 Å². The van der Waals surface area contributed by atoms with Crippen LogP contribution < -0.4 is 0 Å². The molecule has 9 heteroatoms. The first-order chi connectivity index (χ1) is 13.1. The summed E-state index contributed by atoms with van der Waals surface area (Å²) in [7, 11) is 3.43. The molecule has 3 rings (SSSR count). The lowest BCUT2D eigenvalue weighted by Crippen LogP contribution is -2.40. The zero-order valence-electron chi connectivity index (χ0n) is 15.4. The Morgan fingerprint density at radius 2 is 2.07 bits per heavy atom. The molecule has 2 aromatic rings. The summed E-state index contributed by atoms with van der Waals surface area (Å²) in [5.74, 6) is 0.0185. The molecule has 0 aliphatic carbocycles. The fraction of sp³-hybridized carbons (Fsp3) is 0.444. The van der Waals surface area contributed by atoms with Crippen molar-refractivity contribution in [3.05, 3.63) is 42.2 Å². The molecule has 1 aliphatic rings.